The Kier molecular flexibility index (Phi) is 6.49. The van der Waals surface area contributed by atoms with Crippen molar-refractivity contribution in [1.29, 1.82) is 0 Å². The zero-order valence-corrected chi connectivity index (χ0v) is 13.4. The van der Waals surface area contributed by atoms with Gasteiger partial charge in [-0.2, -0.15) is 0 Å². The molecule has 0 unspecified atom stereocenters. The third kappa shape index (κ3) is 5.20. The van der Waals surface area contributed by atoms with Gasteiger partial charge in [-0.3, -0.25) is 4.79 Å². The largest absolute Gasteiger partial charge is 0.388 e. The second kappa shape index (κ2) is 8.61. The van der Waals surface area contributed by atoms with Crippen molar-refractivity contribution >= 4 is 17.7 Å². The molecule has 0 radical (unpaired) electrons. The summed E-state index contributed by atoms with van der Waals surface area (Å²) in [4.78, 5) is 11.9. The molecule has 2 aromatic rings. The molecule has 116 valence electrons. The first-order valence-corrected chi connectivity index (χ1v) is 8.47. The van der Waals surface area contributed by atoms with Crippen LogP contribution in [0, 0.1) is 0 Å². The van der Waals surface area contributed by atoms with Crippen LogP contribution in [0.4, 0.5) is 0 Å². The van der Waals surface area contributed by atoms with Gasteiger partial charge in [0.15, 0.2) is 0 Å². The van der Waals surface area contributed by atoms with Gasteiger partial charge in [-0.25, -0.2) is 0 Å². The number of hydrogen-bond acceptors (Lipinski definition) is 3. The Hall–Kier alpha value is -1.78. The molecule has 3 nitrogen and oxygen atoms in total. The van der Waals surface area contributed by atoms with E-state index < -0.39 is 6.10 Å². The zero-order chi connectivity index (χ0) is 15.8. The van der Waals surface area contributed by atoms with Gasteiger partial charge in [0.25, 0.3) is 0 Å². The van der Waals surface area contributed by atoms with Crippen molar-refractivity contribution in [2.24, 2.45) is 0 Å². The maximum Gasteiger partial charge on any atom is 0.230 e. The maximum absolute atomic E-state index is 11.9. The van der Waals surface area contributed by atoms with E-state index in [9.17, 15) is 9.90 Å². The van der Waals surface area contributed by atoms with E-state index in [1.807, 2.05) is 67.6 Å². The Morgan fingerprint density at radius 3 is 2.18 bits per heavy atom. The SMILES string of the molecule is C[C@H](NC(=O)CSC[C@@H](O)c1ccccc1)c1ccccc1. The van der Waals surface area contributed by atoms with E-state index in [0.717, 1.165) is 11.1 Å². The number of nitrogens with one attached hydrogen (secondary N) is 1. The lowest BCUT2D eigenvalue weighted by Crippen LogP contribution is -2.28. The first-order valence-electron chi connectivity index (χ1n) is 7.32. The summed E-state index contributed by atoms with van der Waals surface area (Å²) in [6.45, 7) is 1.97. The molecule has 2 rings (SSSR count). The van der Waals surface area contributed by atoms with Crippen molar-refractivity contribution < 1.29 is 9.90 Å². The van der Waals surface area contributed by atoms with Crippen molar-refractivity contribution in [1.82, 2.24) is 5.32 Å². The number of benzene rings is 2. The van der Waals surface area contributed by atoms with Crippen molar-refractivity contribution in [3.8, 4) is 0 Å². The lowest BCUT2D eigenvalue weighted by Gasteiger charge is -2.15. The van der Waals surface area contributed by atoms with Crippen molar-refractivity contribution in [3.05, 3.63) is 71.8 Å². The average Bonchev–Trinajstić information content (AvgIpc) is 2.56. The van der Waals surface area contributed by atoms with Gasteiger partial charge >= 0.3 is 0 Å². The summed E-state index contributed by atoms with van der Waals surface area (Å²) in [5, 5.41) is 13.0. The second-order valence-corrected chi connectivity index (χ2v) is 6.17. The quantitative estimate of drug-likeness (QED) is 0.824. The Morgan fingerprint density at radius 1 is 1.05 bits per heavy atom. The third-order valence-electron chi connectivity index (χ3n) is 3.37. The molecule has 0 aliphatic heterocycles. The number of carbonyl (C=O) groups is 1. The molecule has 0 aliphatic rings. The van der Waals surface area contributed by atoms with Crippen LogP contribution in [0.2, 0.25) is 0 Å². The van der Waals surface area contributed by atoms with Crippen LogP contribution < -0.4 is 5.32 Å². The number of rotatable bonds is 7. The van der Waals surface area contributed by atoms with Crippen LogP contribution >= 0.6 is 11.8 Å². The molecule has 0 fully saturated rings. The predicted octanol–water partition coefficient (Wildman–Crippen LogP) is 3.33. The van der Waals surface area contributed by atoms with Gasteiger partial charge in [0.05, 0.1) is 17.9 Å². The van der Waals surface area contributed by atoms with Crippen LogP contribution in [0.1, 0.15) is 30.2 Å². The van der Waals surface area contributed by atoms with Gasteiger partial charge in [-0.1, -0.05) is 60.7 Å². The summed E-state index contributed by atoms with van der Waals surface area (Å²) >= 11 is 1.44. The van der Waals surface area contributed by atoms with Gasteiger partial charge in [0.2, 0.25) is 5.91 Å². The van der Waals surface area contributed by atoms with E-state index in [2.05, 4.69) is 5.32 Å². The summed E-state index contributed by atoms with van der Waals surface area (Å²) in [5.74, 6) is 0.847. The fraction of sp³-hybridized carbons (Fsp3) is 0.278. The lowest BCUT2D eigenvalue weighted by atomic mass is 10.1. The molecule has 0 aromatic heterocycles. The number of hydrogen-bond donors (Lipinski definition) is 2. The summed E-state index contributed by atoms with van der Waals surface area (Å²) in [5.41, 5.74) is 1.97. The molecule has 4 heteroatoms. The normalized spacial score (nSPS) is 13.4. The Labute approximate surface area is 135 Å². The molecular formula is C18H21NO2S. The topological polar surface area (TPSA) is 49.3 Å². The minimum absolute atomic E-state index is 0.00616. The molecule has 2 aromatic carbocycles. The van der Waals surface area contributed by atoms with Crippen molar-refractivity contribution in [2.45, 2.75) is 19.1 Å². The fourth-order valence-corrected chi connectivity index (χ4v) is 2.95. The maximum atomic E-state index is 11.9. The van der Waals surface area contributed by atoms with Gasteiger partial charge in [-0.05, 0) is 18.1 Å². The molecular weight excluding hydrogens is 294 g/mol. The van der Waals surface area contributed by atoms with Crippen LogP contribution in [-0.2, 0) is 4.79 Å². The highest BCUT2D eigenvalue weighted by Gasteiger charge is 2.11. The van der Waals surface area contributed by atoms with E-state index in [1.54, 1.807) is 0 Å². The molecule has 0 bridgehead atoms. The molecule has 0 saturated carbocycles. The Morgan fingerprint density at radius 2 is 1.59 bits per heavy atom. The molecule has 2 atom stereocenters. The van der Waals surface area contributed by atoms with E-state index in [0.29, 0.717) is 11.5 Å². The standard InChI is InChI=1S/C18H21NO2S/c1-14(15-8-4-2-5-9-15)19-18(21)13-22-12-17(20)16-10-6-3-7-11-16/h2-11,14,17,20H,12-13H2,1H3,(H,19,21)/t14-,17+/m0/s1. The molecule has 22 heavy (non-hydrogen) atoms. The molecule has 0 aliphatic carbocycles. The number of amides is 1. The summed E-state index contributed by atoms with van der Waals surface area (Å²) < 4.78 is 0. The minimum Gasteiger partial charge on any atom is -0.388 e. The Bertz CT molecular complexity index is 574. The van der Waals surface area contributed by atoms with Crippen LogP contribution in [0.5, 0.6) is 0 Å². The number of aliphatic hydroxyl groups excluding tert-OH is 1. The average molecular weight is 315 g/mol. The third-order valence-corrected chi connectivity index (χ3v) is 4.39. The van der Waals surface area contributed by atoms with Gasteiger partial charge < -0.3 is 10.4 Å². The van der Waals surface area contributed by atoms with E-state index in [-0.39, 0.29) is 11.9 Å². The van der Waals surface area contributed by atoms with Gasteiger partial charge in [-0.15, -0.1) is 11.8 Å². The fourth-order valence-electron chi connectivity index (χ4n) is 2.14. The van der Waals surface area contributed by atoms with Crippen LogP contribution in [0.15, 0.2) is 60.7 Å². The van der Waals surface area contributed by atoms with E-state index in [1.165, 1.54) is 11.8 Å². The van der Waals surface area contributed by atoms with Crippen LogP contribution in [0.25, 0.3) is 0 Å². The van der Waals surface area contributed by atoms with Crippen molar-refractivity contribution in [2.75, 3.05) is 11.5 Å². The summed E-state index contributed by atoms with van der Waals surface area (Å²) in [7, 11) is 0. The lowest BCUT2D eigenvalue weighted by molar-refractivity contribution is -0.119. The molecule has 0 spiro atoms. The molecule has 0 saturated heterocycles. The van der Waals surface area contributed by atoms with E-state index in [4.69, 9.17) is 0 Å². The number of thioether (sulfide) groups is 1. The number of aliphatic hydroxyl groups is 1. The predicted molar refractivity (Wildman–Crippen MR) is 91.7 cm³/mol. The molecule has 2 N–H and O–H groups in total. The molecule has 0 heterocycles. The van der Waals surface area contributed by atoms with Crippen LogP contribution in [0.3, 0.4) is 0 Å². The second-order valence-electron chi connectivity index (χ2n) is 5.14. The zero-order valence-electron chi connectivity index (χ0n) is 12.6. The number of carbonyl (C=O) groups excluding carboxylic acids is 1. The first-order chi connectivity index (χ1) is 10.7. The highest BCUT2D eigenvalue weighted by Crippen LogP contribution is 2.18. The minimum atomic E-state index is -0.537. The highest BCUT2D eigenvalue weighted by atomic mass is 32.2. The smallest absolute Gasteiger partial charge is 0.230 e. The highest BCUT2D eigenvalue weighted by molar-refractivity contribution is 7.99. The van der Waals surface area contributed by atoms with E-state index >= 15 is 0 Å². The molecule has 1 amide bonds. The monoisotopic (exact) mass is 315 g/mol. The van der Waals surface area contributed by atoms with Gasteiger partial charge in [0.1, 0.15) is 0 Å². The summed E-state index contributed by atoms with van der Waals surface area (Å²) in [6.07, 6.45) is -0.537. The Balaban J connectivity index is 1.72. The first kappa shape index (κ1) is 16.6. The van der Waals surface area contributed by atoms with Gasteiger partial charge in [0, 0.05) is 5.75 Å². The van der Waals surface area contributed by atoms with Crippen LogP contribution in [-0.4, -0.2) is 22.5 Å². The van der Waals surface area contributed by atoms with Crippen molar-refractivity contribution in [3.63, 3.8) is 0 Å². The summed E-state index contributed by atoms with van der Waals surface area (Å²) in [6, 6.07) is 19.4.